The van der Waals surface area contributed by atoms with Gasteiger partial charge in [-0.2, -0.15) is 11.8 Å². The quantitative estimate of drug-likeness (QED) is 0.263. The first kappa shape index (κ1) is 32.7. The summed E-state index contributed by atoms with van der Waals surface area (Å²) in [5.41, 5.74) is 5.09. The Hall–Kier alpha value is -3.18. The zero-order chi connectivity index (χ0) is 31.0. The first-order chi connectivity index (χ1) is 20.5. The van der Waals surface area contributed by atoms with Crippen molar-refractivity contribution in [3.63, 3.8) is 0 Å². The summed E-state index contributed by atoms with van der Waals surface area (Å²) in [4.78, 5) is 27.8. The van der Waals surface area contributed by atoms with Crippen LogP contribution in [-0.2, 0) is 32.5 Å². The molecule has 0 aromatic heterocycles. The van der Waals surface area contributed by atoms with Gasteiger partial charge in [-0.05, 0) is 66.0 Å². The summed E-state index contributed by atoms with van der Waals surface area (Å²) in [6, 6.07) is 22.5. The Morgan fingerprint density at radius 2 is 1.77 bits per heavy atom. The highest BCUT2D eigenvalue weighted by Crippen LogP contribution is 2.32. The number of benzene rings is 3. The van der Waals surface area contributed by atoms with Gasteiger partial charge in [0.25, 0.3) is 5.91 Å². The summed E-state index contributed by atoms with van der Waals surface area (Å²) in [7, 11) is -3.39. The van der Waals surface area contributed by atoms with Crippen molar-refractivity contribution in [2.75, 3.05) is 31.4 Å². The van der Waals surface area contributed by atoms with Gasteiger partial charge in [0.15, 0.2) is 0 Å². The number of likely N-dealkylation sites (tertiary alicyclic amines) is 1. The van der Waals surface area contributed by atoms with Gasteiger partial charge in [-0.3, -0.25) is 9.69 Å². The van der Waals surface area contributed by atoms with Crippen LogP contribution in [0.4, 0.5) is 0 Å². The van der Waals surface area contributed by atoms with Crippen molar-refractivity contribution in [1.29, 1.82) is 0 Å². The fourth-order valence-corrected chi connectivity index (χ4v) is 6.83. The number of nitrogens with one attached hydrogen (secondary N) is 1. The number of sulfone groups is 1. The van der Waals surface area contributed by atoms with E-state index in [1.165, 1.54) is 0 Å². The first-order valence-electron chi connectivity index (χ1n) is 14.3. The highest BCUT2D eigenvalue weighted by molar-refractivity contribution is 7.99. The zero-order valence-electron chi connectivity index (χ0n) is 24.9. The fraction of sp³-hybridized carbons (Fsp3) is 0.394. The van der Waals surface area contributed by atoms with E-state index >= 15 is 0 Å². The number of ether oxygens (including phenoxy) is 1. The van der Waals surface area contributed by atoms with Crippen molar-refractivity contribution >= 4 is 33.5 Å². The van der Waals surface area contributed by atoms with E-state index in [2.05, 4.69) is 28.6 Å². The summed E-state index contributed by atoms with van der Waals surface area (Å²) in [5.74, 6) is -2.16. The van der Waals surface area contributed by atoms with Crippen LogP contribution in [0.15, 0.2) is 72.8 Å². The van der Waals surface area contributed by atoms with Crippen LogP contribution in [0.25, 0.3) is 11.1 Å². The second-order valence-electron chi connectivity index (χ2n) is 11.2. The predicted molar refractivity (Wildman–Crippen MR) is 172 cm³/mol. The van der Waals surface area contributed by atoms with E-state index in [0.717, 1.165) is 41.5 Å². The highest BCUT2D eigenvalue weighted by atomic mass is 32.2. The molecular weight excluding hydrogens is 585 g/mol. The lowest BCUT2D eigenvalue weighted by Crippen LogP contribution is -2.42. The Morgan fingerprint density at radius 3 is 2.44 bits per heavy atom. The van der Waals surface area contributed by atoms with Crippen molar-refractivity contribution in [3.8, 4) is 11.1 Å². The van der Waals surface area contributed by atoms with Gasteiger partial charge in [0.1, 0.15) is 15.9 Å². The molecule has 8 nitrogen and oxygen atoms in total. The van der Waals surface area contributed by atoms with Crippen LogP contribution in [0.3, 0.4) is 0 Å². The summed E-state index contributed by atoms with van der Waals surface area (Å²) in [5, 5.41) is 12.7. The maximum atomic E-state index is 13.5. The van der Waals surface area contributed by atoms with Crippen molar-refractivity contribution in [3.05, 3.63) is 95.1 Å². The average Bonchev–Trinajstić information content (AvgIpc) is 3.36. The third kappa shape index (κ3) is 9.40. The van der Waals surface area contributed by atoms with E-state index in [4.69, 9.17) is 4.74 Å². The smallest absolute Gasteiger partial charge is 0.326 e. The maximum Gasteiger partial charge on any atom is 0.326 e. The summed E-state index contributed by atoms with van der Waals surface area (Å²) < 4.78 is 29.4. The molecule has 4 rings (SSSR count). The SMILES string of the molecule is CS[C@@H]1C[C@@H](COCc2ccccc2)N(Cc2ccc(C(=O)N[C@@H](CCS(C)(=O)=O)C(=O)O)c(-c3ccccc3C)c2)C1. The number of hydrogen-bond acceptors (Lipinski definition) is 7. The minimum Gasteiger partial charge on any atom is -0.480 e. The van der Waals surface area contributed by atoms with Gasteiger partial charge in [0.2, 0.25) is 0 Å². The van der Waals surface area contributed by atoms with E-state index in [-0.39, 0.29) is 18.2 Å². The Kier molecular flexibility index (Phi) is 11.4. The molecule has 1 aliphatic heterocycles. The Morgan fingerprint density at radius 1 is 1.05 bits per heavy atom. The van der Waals surface area contributed by atoms with E-state index in [0.29, 0.717) is 36.1 Å². The molecule has 1 aliphatic rings. The first-order valence-corrected chi connectivity index (χ1v) is 17.7. The summed E-state index contributed by atoms with van der Waals surface area (Å²) in [6.45, 7) is 4.78. The molecule has 1 saturated heterocycles. The molecule has 2 N–H and O–H groups in total. The number of rotatable bonds is 14. The minimum absolute atomic E-state index is 0.211. The predicted octanol–water partition coefficient (Wildman–Crippen LogP) is 4.80. The lowest BCUT2D eigenvalue weighted by molar-refractivity contribution is -0.139. The van der Waals surface area contributed by atoms with Gasteiger partial charge < -0.3 is 15.2 Å². The fourth-order valence-electron chi connectivity index (χ4n) is 5.41. The lowest BCUT2D eigenvalue weighted by atomic mass is 9.93. The monoisotopic (exact) mass is 624 g/mol. The molecule has 3 aromatic rings. The standard InChI is InChI=1S/C33H40N2O6S2/c1-23-9-7-8-12-28(23)30-17-25(13-14-29(30)32(36)34-31(33(37)38)15-16-43(3,39)40)19-35-20-27(42-2)18-26(35)22-41-21-24-10-5-4-6-11-24/h4-14,17,26-27,31H,15-16,18-22H2,1-3H3,(H,34,36)(H,37,38)/t26-,27+,31-/m0/s1. The molecule has 3 aromatic carbocycles. The minimum atomic E-state index is -3.39. The lowest BCUT2D eigenvalue weighted by Gasteiger charge is -2.25. The van der Waals surface area contributed by atoms with E-state index in [1.807, 2.05) is 73.3 Å². The van der Waals surface area contributed by atoms with Crippen LogP contribution in [-0.4, -0.2) is 79.1 Å². The molecule has 1 fully saturated rings. The number of nitrogens with zero attached hydrogens (tertiary/aromatic N) is 1. The Labute approximate surface area is 258 Å². The average molecular weight is 625 g/mol. The summed E-state index contributed by atoms with van der Waals surface area (Å²) in [6.07, 6.45) is 4.01. The van der Waals surface area contributed by atoms with Crippen LogP contribution < -0.4 is 5.32 Å². The van der Waals surface area contributed by atoms with Crippen molar-refractivity contribution in [2.24, 2.45) is 0 Å². The molecule has 1 heterocycles. The van der Waals surface area contributed by atoms with Crippen LogP contribution in [0, 0.1) is 6.92 Å². The maximum absolute atomic E-state index is 13.5. The molecule has 0 spiro atoms. The molecule has 1 amide bonds. The molecule has 0 aliphatic carbocycles. The van der Waals surface area contributed by atoms with Crippen molar-refractivity contribution in [2.45, 2.75) is 50.3 Å². The molecule has 0 bridgehead atoms. The second-order valence-corrected chi connectivity index (χ2v) is 14.6. The number of carbonyl (C=O) groups is 2. The molecule has 0 unspecified atom stereocenters. The third-order valence-corrected chi connectivity index (χ3v) is 9.76. The molecular formula is C33H40N2O6S2. The molecule has 230 valence electrons. The van der Waals surface area contributed by atoms with Gasteiger partial charge in [-0.1, -0.05) is 60.7 Å². The zero-order valence-corrected chi connectivity index (χ0v) is 26.5. The van der Waals surface area contributed by atoms with E-state index < -0.39 is 27.8 Å². The number of carbonyl (C=O) groups excluding carboxylic acids is 1. The van der Waals surface area contributed by atoms with Gasteiger partial charge in [0.05, 0.1) is 19.0 Å². The number of carboxylic acids is 1. The van der Waals surface area contributed by atoms with Gasteiger partial charge in [-0.15, -0.1) is 0 Å². The van der Waals surface area contributed by atoms with Crippen LogP contribution >= 0.6 is 11.8 Å². The number of aliphatic carboxylic acids is 1. The molecule has 0 saturated carbocycles. The number of amides is 1. The van der Waals surface area contributed by atoms with Crippen molar-refractivity contribution < 1.29 is 27.9 Å². The Bertz CT molecular complexity index is 1510. The van der Waals surface area contributed by atoms with Crippen LogP contribution in [0.1, 0.15) is 39.9 Å². The molecule has 43 heavy (non-hydrogen) atoms. The van der Waals surface area contributed by atoms with Gasteiger partial charge in [-0.25, -0.2) is 13.2 Å². The topological polar surface area (TPSA) is 113 Å². The van der Waals surface area contributed by atoms with Gasteiger partial charge >= 0.3 is 5.97 Å². The Balaban J connectivity index is 1.56. The van der Waals surface area contributed by atoms with E-state index in [9.17, 15) is 23.1 Å². The van der Waals surface area contributed by atoms with E-state index in [1.54, 1.807) is 6.07 Å². The number of aryl methyl sites for hydroxylation is 1. The normalized spacial score (nSPS) is 17.9. The number of thioether (sulfide) groups is 1. The second kappa shape index (κ2) is 15.0. The highest BCUT2D eigenvalue weighted by Gasteiger charge is 2.32. The van der Waals surface area contributed by atoms with Crippen molar-refractivity contribution in [1.82, 2.24) is 10.2 Å². The number of carboxylic acid groups (broad SMARTS) is 1. The molecule has 0 radical (unpaired) electrons. The molecule has 10 heteroatoms. The van der Waals surface area contributed by atoms with Crippen LogP contribution in [0.5, 0.6) is 0 Å². The number of hydrogen-bond donors (Lipinski definition) is 2. The van der Waals surface area contributed by atoms with Crippen LogP contribution in [0.2, 0.25) is 0 Å². The largest absolute Gasteiger partial charge is 0.480 e. The van der Waals surface area contributed by atoms with Gasteiger partial charge in [0, 0.05) is 36.2 Å². The molecule has 3 atom stereocenters. The summed E-state index contributed by atoms with van der Waals surface area (Å²) >= 11 is 1.87. The third-order valence-electron chi connectivity index (χ3n) is 7.77.